The molecule has 162 valence electrons. The molecule has 8 nitrogen and oxygen atoms in total. The van der Waals surface area contributed by atoms with E-state index in [0.717, 1.165) is 49.0 Å². The number of ether oxygens (including phenoxy) is 1. The van der Waals surface area contributed by atoms with Gasteiger partial charge in [0.15, 0.2) is 0 Å². The van der Waals surface area contributed by atoms with Gasteiger partial charge in [-0.25, -0.2) is 4.98 Å². The van der Waals surface area contributed by atoms with Crippen LogP contribution in [0.2, 0.25) is 0 Å². The Hall–Kier alpha value is -2.97. The number of pyridine rings is 2. The highest BCUT2D eigenvalue weighted by atomic mass is 16.5. The number of piperidine rings is 1. The number of carbonyl (C=O) groups excluding carboxylic acids is 1. The maximum absolute atomic E-state index is 12.6. The molecule has 0 radical (unpaired) electrons. The lowest BCUT2D eigenvalue weighted by molar-refractivity contribution is -0.121. The minimum Gasteiger partial charge on any atom is -0.495 e. The van der Waals surface area contributed by atoms with Crippen LogP contribution in [0.4, 0.5) is 5.82 Å². The summed E-state index contributed by atoms with van der Waals surface area (Å²) in [5.74, 6) is 2.05. The van der Waals surface area contributed by atoms with E-state index in [1.807, 2.05) is 18.2 Å². The number of nitrogens with zero attached hydrogens (tertiary/aromatic N) is 5. The molecular weight excluding hydrogens is 392 g/mol. The number of Topliss-reactive ketones (excluding diaryl/α,β-unsaturated/α-hetero) is 1. The van der Waals surface area contributed by atoms with Gasteiger partial charge in [-0.1, -0.05) is 6.07 Å². The van der Waals surface area contributed by atoms with Crippen molar-refractivity contribution in [3.05, 3.63) is 54.1 Å². The van der Waals surface area contributed by atoms with Gasteiger partial charge in [-0.3, -0.25) is 19.5 Å². The number of nitrogens with one attached hydrogen (secondary N) is 1. The number of imidazole rings is 1. The van der Waals surface area contributed by atoms with Crippen LogP contribution < -0.4 is 15.0 Å². The van der Waals surface area contributed by atoms with Crippen molar-refractivity contribution in [2.24, 2.45) is 0 Å². The second-order valence-corrected chi connectivity index (χ2v) is 8.38. The summed E-state index contributed by atoms with van der Waals surface area (Å²) in [5.41, 5.74) is 2.55. The number of carbonyl (C=O) groups is 1. The normalized spacial score (nSPS) is 22.8. The number of anilines is 1. The third-order valence-corrected chi connectivity index (χ3v) is 6.29. The maximum atomic E-state index is 12.6. The SMILES string of the molecule is COc1cccnc1C1CC(=O)CC(c2cn3c(N4CCN(C)CC4)cccc3n2)N1. The fourth-order valence-electron chi connectivity index (χ4n) is 4.58. The smallest absolute Gasteiger partial charge is 0.141 e. The summed E-state index contributed by atoms with van der Waals surface area (Å²) in [7, 11) is 3.79. The van der Waals surface area contributed by atoms with E-state index in [1.165, 1.54) is 0 Å². The van der Waals surface area contributed by atoms with Crippen molar-refractivity contribution in [1.29, 1.82) is 0 Å². The fourth-order valence-corrected chi connectivity index (χ4v) is 4.58. The van der Waals surface area contributed by atoms with Crippen LogP contribution in [0.1, 0.15) is 36.3 Å². The van der Waals surface area contributed by atoms with Crippen molar-refractivity contribution in [1.82, 2.24) is 24.6 Å². The fraction of sp³-hybridized carbons (Fsp3) is 0.435. The molecule has 0 amide bonds. The Bertz CT molecular complexity index is 1090. The lowest BCUT2D eigenvalue weighted by Crippen LogP contribution is -2.45. The van der Waals surface area contributed by atoms with Gasteiger partial charge in [0, 0.05) is 51.4 Å². The molecule has 1 N–H and O–H groups in total. The molecule has 0 saturated carbocycles. The molecule has 5 heterocycles. The number of ketones is 1. The highest BCUT2D eigenvalue weighted by Crippen LogP contribution is 2.34. The molecule has 5 rings (SSSR count). The molecule has 2 aliphatic rings. The van der Waals surface area contributed by atoms with Crippen LogP contribution in [0.15, 0.2) is 42.7 Å². The molecule has 31 heavy (non-hydrogen) atoms. The van der Waals surface area contributed by atoms with E-state index in [2.05, 4.69) is 49.9 Å². The third kappa shape index (κ3) is 3.88. The topological polar surface area (TPSA) is 75.0 Å². The molecule has 3 aromatic rings. The minimum atomic E-state index is -0.190. The van der Waals surface area contributed by atoms with Crippen LogP contribution in [-0.4, -0.2) is 65.4 Å². The van der Waals surface area contributed by atoms with Gasteiger partial charge in [-0.2, -0.15) is 0 Å². The van der Waals surface area contributed by atoms with E-state index in [9.17, 15) is 4.79 Å². The average Bonchev–Trinajstić information content (AvgIpc) is 3.24. The number of likely N-dealkylation sites (N-methyl/N-ethyl adjacent to an activating group) is 1. The van der Waals surface area contributed by atoms with Gasteiger partial charge in [0.05, 0.1) is 30.6 Å². The highest BCUT2D eigenvalue weighted by molar-refractivity contribution is 5.81. The number of methoxy groups -OCH3 is 1. The average molecular weight is 421 g/mol. The van der Waals surface area contributed by atoms with Crippen LogP contribution in [0.3, 0.4) is 0 Å². The first kappa shape index (κ1) is 20.0. The summed E-state index contributed by atoms with van der Waals surface area (Å²) >= 11 is 0. The highest BCUT2D eigenvalue weighted by Gasteiger charge is 2.32. The van der Waals surface area contributed by atoms with Crippen LogP contribution in [0.25, 0.3) is 5.65 Å². The monoisotopic (exact) mass is 420 g/mol. The molecule has 0 spiro atoms. The van der Waals surface area contributed by atoms with E-state index >= 15 is 0 Å². The number of piperazine rings is 1. The molecule has 2 saturated heterocycles. The second-order valence-electron chi connectivity index (χ2n) is 8.38. The van der Waals surface area contributed by atoms with E-state index in [1.54, 1.807) is 13.3 Å². The zero-order chi connectivity index (χ0) is 21.4. The van der Waals surface area contributed by atoms with Gasteiger partial charge in [-0.15, -0.1) is 0 Å². The van der Waals surface area contributed by atoms with Gasteiger partial charge in [0.2, 0.25) is 0 Å². The largest absolute Gasteiger partial charge is 0.495 e. The summed E-state index contributed by atoms with van der Waals surface area (Å²) in [6.45, 7) is 4.07. The Morgan fingerprint density at radius 3 is 2.68 bits per heavy atom. The zero-order valence-electron chi connectivity index (χ0n) is 18.0. The molecular formula is C23H28N6O2. The summed E-state index contributed by atoms with van der Waals surface area (Å²) in [6.07, 6.45) is 4.65. The number of hydrogen-bond acceptors (Lipinski definition) is 7. The molecule has 0 bridgehead atoms. The first-order chi connectivity index (χ1) is 15.1. The number of fused-ring (bicyclic) bond motifs is 1. The quantitative estimate of drug-likeness (QED) is 0.694. The van der Waals surface area contributed by atoms with Crippen molar-refractivity contribution < 1.29 is 9.53 Å². The minimum absolute atomic E-state index is 0.154. The maximum Gasteiger partial charge on any atom is 0.141 e. The van der Waals surface area contributed by atoms with Crippen molar-refractivity contribution >= 4 is 17.2 Å². The number of aromatic nitrogens is 3. The Morgan fingerprint density at radius 1 is 1.06 bits per heavy atom. The van der Waals surface area contributed by atoms with Crippen LogP contribution in [-0.2, 0) is 4.79 Å². The van der Waals surface area contributed by atoms with Gasteiger partial charge < -0.3 is 14.5 Å². The summed E-state index contributed by atoms with van der Waals surface area (Å²) in [6, 6.07) is 9.60. The first-order valence-electron chi connectivity index (χ1n) is 10.8. The van der Waals surface area contributed by atoms with E-state index < -0.39 is 0 Å². The molecule has 0 aromatic carbocycles. The first-order valence-corrected chi connectivity index (χ1v) is 10.8. The molecule has 3 aromatic heterocycles. The second kappa shape index (κ2) is 8.28. The molecule has 2 aliphatic heterocycles. The van der Waals surface area contributed by atoms with Crippen molar-refractivity contribution in [3.8, 4) is 5.75 Å². The molecule has 8 heteroatoms. The lowest BCUT2D eigenvalue weighted by Gasteiger charge is -2.34. The van der Waals surface area contributed by atoms with Gasteiger partial charge in [0.25, 0.3) is 0 Å². The van der Waals surface area contributed by atoms with Crippen molar-refractivity contribution in [3.63, 3.8) is 0 Å². The molecule has 2 fully saturated rings. The Labute approximate surface area is 181 Å². The molecule has 2 atom stereocenters. The van der Waals surface area contributed by atoms with Crippen LogP contribution in [0.5, 0.6) is 5.75 Å². The third-order valence-electron chi connectivity index (χ3n) is 6.29. The summed E-state index contributed by atoms with van der Waals surface area (Å²) in [4.78, 5) is 26.7. The van der Waals surface area contributed by atoms with Gasteiger partial charge >= 0.3 is 0 Å². The summed E-state index contributed by atoms with van der Waals surface area (Å²) in [5, 5.41) is 3.60. The van der Waals surface area contributed by atoms with Crippen LogP contribution in [0, 0.1) is 0 Å². The van der Waals surface area contributed by atoms with Crippen molar-refractivity contribution in [2.75, 3.05) is 45.2 Å². The number of rotatable bonds is 4. The van der Waals surface area contributed by atoms with Crippen molar-refractivity contribution in [2.45, 2.75) is 24.9 Å². The Kier molecular flexibility index (Phi) is 5.33. The zero-order valence-corrected chi connectivity index (χ0v) is 18.0. The van der Waals surface area contributed by atoms with Gasteiger partial charge in [0.1, 0.15) is 23.0 Å². The molecule has 0 aliphatic carbocycles. The van der Waals surface area contributed by atoms with E-state index in [4.69, 9.17) is 9.72 Å². The predicted molar refractivity (Wildman–Crippen MR) is 119 cm³/mol. The van der Waals surface area contributed by atoms with E-state index in [0.29, 0.717) is 18.6 Å². The molecule has 2 unspecified atom stereocenters. The summed E-state index contributed by atoms with van der Waals surface area (Å²) < 4.78 is 7.62. The van der Waals surface area contributed by atoms with E-state index in [-0.39, 0.29) is 17.9 Å². The van der Waals surface area contributed by atoms with Crippen LogP contribution >= 0.6 is 0 Å². The Balaban J connectivity index is 1.45. The lowest BCUT2D eigenvalue weighted by atomic mass is 9.93. The standard InChI is InChI=1S/C23H28N6O2/c1-27-9-11-28(12-10-27)22-7-3-6-21-26-19(15-29(21)22)17-13-16(30)14-18(25-17)23-20(31-2)5-4-8-24-23/h3-8,15,17-18,25H,9-14H2,1-2H3. The van der Waals surface area contributed by atoms with Gasteiger partial charge in [-0.05, 0) is 31.3 Å². The number of hydrogen-bond donors (Lipinski definition) is 1. The predicted octanol–water partition coefficient (Wildman–Crippen LogP) is 2.22. The Morgan fingerprint density at radius 2 is 1.87 bits per heavy atom.